The molecular formula is C23H37BN2O6S. The van der Waals surface area contributed by atoms with Crippen LogP contribution in [0.2, 0.25) is 0 Å². The average Bonchev–Trinajstić information content (AvgIpc) is 2.86. The summed E-state index contributed by atoms with van der Waals surface area (Å²) >= 11 is -1.83. The summed E-state index contributed by atoms with van der Waals surface area (Å²) in [6.45, 7) is 16.9. The molecule has 1 heterocycles. The molecule has 1 aliphatic rings. The van der Waals surface area contributed by atoms with Crippen molar-refractivity contribution in [3.63, 3.8) is 0 Å². The van der Waals surface area contributed by atoms with E-state index < -0.39 is 53.3 Å². The third-order valence-corrected chi connectivity index (χ3v) is 6.57. The maximum absolute atomic E-state index is 12.9. The number of amides is 2. The number of alkyl carbamates (subject to hydrolysis) is 1. The van der Waals surface area contributed by atoms with Gasteiger partial charge in [0.05, 0.1) is 11.2 Å². The molecule has 8 nitrogen and oxygen atoms in total. The first-order valence-corrected chi connectivity index (χ1v) is 12.3. The lowest BCUT2D eigenvalue weighted by atomic mass is 9.79. The minimum absolute atomic E-state index is 0.121. The summed E-state index contributed by atoms with van der Waals surface area (Å²) in [7, 11) is -0.606. The Hall–Kier alpha value is -1.75. The number of nitrogens with one attached hydrogen (secondary N) is 2. The van der Waals surface area contributed by atoms with E-state index in [2.05, 4.69) is 10.0 Å². The van der Waals surface area contributed by atoms with E-state index in [1.54, 1.807) is 39.0 Å². The van der Waals surface area contributed by atoms with Crippen molar-refractivity contribution in [2.75, 3.05) is 0 Å². The van der Waals surface area contributed by atoms with Crippen LogP contribution in [0.25, 0.3) is 0 Å². The van der Waals surface area contributed by atoms with Crippen LogP contribution >= 0.6 is 0 Å². The molecule has 33 heavy (non-hydrogen) atoms. The van der Waals surface area contributed by atoms with Crippen molar-refractivity contribution in [2.45, 2.75) is 96.5 Å². The zero-order valence-electron chi connectivity index (χ0n) is 21.1. The zero-order chi connectivity index (χ0) is 25.2. The maximum Gasteiger partial charge on any atom is 0.495 e. The molecule has 0 saturated carbocycles. The molecular weight excluding hydrogens is 443 g/mol. The summed E-state index contributed by atoms with van der Waals surface area (Å²) in [6.07, 6.45) is -0.326. The number of benzene rings is 1. The van der Waals surface area contributed by atoms with Gasteiger partial charge in [-0.1, -0.05) is 26.0 Å². The predicted molar refractivity (Wildman–Crippen MR) is 129 cm³/mol. The third-order valence-electron chi connectivity index (χ3n) is 5.51. The smallest absolute Gasteiger partial charge is 0.495 e. The quantitative estimate of drug-likeness (QED) is 0.459. The molecule has 0 radical (unpaired) electrons. The highest BCUT2D eigenvalue weighted by Crippen LogP contribution is 2.36. The van der Waals surface area contributed by atoms with Gasteiger partial charge in [-0.3, -0.25) is 4.79 Å². The summed E-state index contributed by atoms with van der Waals surface area (Å²) in [5.74, 6) is -0.426. The van der Waals surface area contributed by atoms with Crippen LogP contribution in [-0.2, 0) is 30.2 Å². The summed E-state index contributed by atoms with van der Waals surface area (Å²) in [5, 5.41) is 2.59. The second kappa shape index (κ2) is 10.3. The van der Waals surface area contributed by atoms with Crippen LogP contribution in [0.15, 0.2) is 29.2 Å². The first-order chi connectivity index (χ1) is 15.0. The van der Waals surface area contributed by atoms with Crippen LogP contribution in [0.5, 0.6) is 0 Å². The van der Waals surface area contributed by atoms with Gasteiger partial charge in [0, 0.05) is 0 Å². The van der Waals surface area contributed by atoms with E-state index in [4.69, 9.17) is 14.0 Å². The molecule has 0 spiro atoms. The second-order valence-corrected chi connectivity index (χ2v) is 11.9. The van der Waals surface area contributed by atoms with E-state index in [-0.39, 0.29) is 5.92 Å². The fourth-order valence-corrected chi connectivity index (χ4v) is 4.02. The van der Waals surface area contributed by atoms with Crippen molar-refractivity contribution < 1.29 is 28.2 Å². The molecule has 0 aromatic heterocycles. The highest BCUT2D eigenvalue weighted by atomic mass is 32.2. The molecule has 1 aromatic carbocycles. The molecule has 1 aromatic rings. The molecule has 10 heteroatoms. The van der Waals surface area contributed by atoms with Crippen molar-refractivity contribution in [1.82, 2.24) is 10.0 Å². The zero-order valence-corrected chi connectivity index (χ0v) is 21.9. The van der Waals surface area contributed by atoms with Gasteiger partial charge in [-0.25, -0.2) is 4.79 Å². The first-order valence-electron chi connectivity index (χ1n) is 11.2. The van der Waals surface area contributed by atoms with Gasteiger partial charge in [0.2, 0.25) is 0 Å². The Labute approximate surface area is 201 Å². The normalized spacial score (nSPS) is 19.2. The molecule has 1 saturated heterocycles. The summed E-state index contributed by atoms with van der Waals surface area (Å²) in [5.41, 5.74) is -0.990. The first kappa shape index (κ1) is 27.5. The lowest BCUT2D eigenvalue weighted by Crippen LogP contribution is -2.50. The van der Waals surface area contributed by atoms with Crippen LogP contribution in [0.4, 0.5) is 4.79 Å². The van der Waals surface area contributed by atoms with E-state index in [9.17, 15) is 14.1 Å². The lowest BCUT2D eigenvalue weighted by molar-refractivity contribution is -0.121. The van der Waals surface area contributed by atoms with Crippen molar-refractivity contribution in [3.8, 4) is 0 Å². The van der Waals surface area contributed by atoms with Crippen molar-refractivity contribution >= 4 is 35.9 Å². The Balaban J connectivity index is 2.10. The molecule has 2 N–H and O–H groups in total. The Morgan fingerprint density at radius 2 is 1.73 bits per heavy atom. The van der Waals surface area contributed by atoms with Crippen molar-refractivity contribution in [1.29, 1.82) is 0 Å². The minimum atomic E-state index is -1.83. The van der Waals surface area contributed by atoms with Gasteiger partial charge >= 0.3 is 13.2 Å². The molecule has 1 fully saturated rings. The van der Waals surface area contributed by atoms with Crippen LogP contribution in [0, 0.1) is 5.92 Å². The van der Waals surface area contributed by atoms with Gasteiger partial charge in [-0.2, -0.15) is 4.72 Å². The maximum atomic E-state index is 12.9. The van der Waals surface area contributed by atoms with E-state index in [0.717, 1.165) is 0 Å². The van der Waals surface area contributed by atoms with E-state index >= 15 is 0 Å². The fraction of sp³-hybridized carbons (Fsp3) is 0.652. The molecule has 1 aliphatic heterocycles. The summed E-state index contributed by atoms with van der Waals surface area (Å²) < 4.78 is 32.8. The summed E-state index contributed by atoms with van der Waals surface area (Å²) in [6, 6.07) is 6.04. The van der Waals surface area contributed by atoms with E-state index in [0.29, 0.717) is 16.8 Å². The fourth-order valence-electron chi connectivity index (χ4n) is 3.13. The Morgan fingerprint density at radius 3 is 2.24 bits per heavy atom. The molecule has 2 unspecified atom stereocenters. The van der Waals surface area contributed by atoms with Crippen molar-refractivity contribution in [3.05, 3.63) is 24.3 Å². The topological polar surface area (TPSA) is 109 Å². The predicted octanol–water partition coefficient (Wildman–Crippen LogP) is 3.06. The Bertz CT molecular complexity index is 840. The standard InChI is InChI=1S/C23H37BN2O6S/c1-15(2)13-18(25-20(28)30-21(3,4)5)19(27)26-33(29)17-12-10-11-16(14-17)24-31-22(6,7)23(8,9)32-24/h10-12,14-15,18H,13H2,1-9H3,(H,25,28)(H,26,27). The number of rotatable bonds is 7. The van der Waals surface area contributed by atoms with Gasteiger partial charge in [0.1, 0.15) is 23.0 Å². The van der Waals surface area contributed by atoms with Gasteiger partial charge in [-0.15, -0.1) is 0 Å². The monoisotopic (exact) mass is 480 g/mol. The van der Waals surface area contributed by atoms with Gasteiger partial charge in [0.15, 0.2) is 4.90 Å². The van der Waals surface area contributed by atoms with Gasteiger partial charge in [-0.05, 0) is 78.4 Å². The van der Waals surface area contributed by atoms with Crippen LogP contribution in [0.1, 0.15) is 68.7 Å². The number of ether oxygens (including phenoxy) is 1. The summed E-state index contributed by atoms with van der Waals surface area (Å²) in [4.78, 5) is 25.4. The van der Waals surface area contributed by atoms with Crippen molar-refractivity contribution in [2.24, 2.45) is 5.92 Å². The van der Waals surface area contributed by atoms with Gasteiger partial charge < -0.3 is 23.9 Å². The highest BCUT2D eigenvalue weighted by molar-refractivity contribution is 7.90. The second-order valence-electron chi connectivity index (χ2n) is 10.7. The number of carbonyl (C=O) groups is 2. The molecule has 184 valence electrons. The van der Waals surface area contributed by atoms with E-state index in [1.165, 1.54) is 0 Å². The van der Waals surface area contributed by atoms with Gasteiger partial charge in [0.25, 0.3) is 5.91 Å². The molecule has 0 aliphatic carbocycles. The Morgan fingerprint density at radius 1 is 1.15 bits per heavy atom. The molecule has 2 atom stereocenters. The van der Waals surface area contributed by atoms with E-state index in [1.807, 2.05) is 47.6 Å². The van der Waals surface area contributed by atoms with Crippen LogP contribution in [-0.4, -0.2) is 46.5 Å². The lowest BCUT2D eigenvalue weighted by Gasteiger charge is -2.32. The third kappa shape index (κ3) is 7.63. The number of carbonyl (C=O) groups excluding carboxylic acids is 2. The minimum Gasteiger partial charge on any atom is -0.588 e. The number of hydrogen-bond acceptors (Lipinski definition) is 6. The number of hydrogen-bond donors (Lipinski definition) is 2. The molecule has 2 amide bonds. The van der Waals surface area contributed by atoms with Crippen LogP contribution in [0.3, 0.4) is 0 Å². The van der Waals surface area contributed by atoms with Crippen LogP contribution < -0.4 is 15.5 Å². The highest BCUT2D eigenvalue weighted by Gasteiger charge is 2.51. The average molecular weight is 480 g/mol. The largest absolute Gasteiger partial charge is 0.588 e. The SMILES string of the molecule is CC(C)CC(NC(=O)OC(C)(C)C)C(=O)N[S+]([O-])c1cccc(B2OC(C)(C)C(C)(C)O2)c1. The molecule has 0 bridgehead atoms. The molecule has 2 rings (SSSR count). The Kier molecular flexibility index (Phi) is 8.54.